The topological polar surface area (TPSA) is 29.3 Å². The van der Waals surface area contributed by atoms with Crippen LogP contribution in [0.2, 0.25) is 5.02 Å². The number of nitrogens with two attached hydrogens (primary N) is 1. The maximum atomic E-state index is 6.15. The standard InChI is InChI=1S/C12H17ClN2/c1-9-3-2-6-15(9)11-5-4-10(8-14)12(13)7-11/h4-5,7,9H,2-3,6,8,14H2,1H3. The molecule has 82 valence electrons. The summed E-state index contributed by atoms with van der Waals surface area (Å²) in [6.07, 6.45) is 2.55. The highest BCUT2D eigenvalue weighted by molar-refractivity contribution is 6.31. The monoisotopic (exact) mass is 224 g/mol. The molecule has 3 heteroatoms. The molecule has 1 aromatic rings. The van der Waals surface area contributed by atoms with Gasteiger partial charge in [-0.2, -0.15) is 0 Å². The molecular weight excluding hydrogens is 208 g/mol. The first kappa shape index (κ1) is 10.8. The highest BCUT2D eigenvalue weighted by Gasteiger charge is 2.20. The average molecular weight is 225 g/mol. The summed E-state index contributed by atoms with van der Waals surface area (Å²) in [7, 11) is 0. The van der Waals surface area contributed by atoms with Crippen LogP contribution in [0.5, 0.6) is 0 Å². The van der Waals surface area contributed by atoms with E-state index in [2.05, 4.69) is 17.9 Å². The summed E-state index contributed by atoms with van der Waals surface area (Å²) in [6, 6.07) is 6.81. The first-order chi connectivity index (χ1) is 7.22. The van der Waals surface area contributed by atoms with Gasteiger partial charge in [-0.25, -0.2) is 0 Å². The van der Waals surface area contributed by atoms with Gasteiger partial charge < -0.3 is 10.6 Å². The lowest BCUT2D eigenvalue weighted by molar-refractivity contribution is 0.735. The zero-order valence-corrected chi connectivity index (χ0v) is 9.80. The fourth-order valence-corrected chi connectivity index (χ4v) is 2.45. The van der Waals surface area contributed by atoms with Gasteiger partial charge in [-0.15, -0.1) is 0 Å². The number of hydrogen-bond acceptors (Lipinski definition) is 2. The molecule has 1 atom stereocenters. The van der Waals surface area contributed by atoms with Gasteiger partial charge >= 0.3 is 0 Å². The molecule has 0 aromatic heterocycles. The Labute approximate surface area is 96.0 Å². The Balaban J connectivity index is 2.25. The summed E-state index contributed by atoms with van der Waals surface area (Å²) in [6.45, 7) is 3.91. The SMILES string of the molecule is CC1CCCN1c1ccc(CN)c(Cl)c1. The van der Waals surface area contributed by atoms with Crippen molar-refractivity contribution in [2.24, 2.45) is 5.73 Å². The van der Waals surface area contributed by atoms with Crippen LogP contribution in [-0.4, -0.2) is 12.6 Å². The van der Waals surface area contributed by atoms with Gasteiger partial charge in [0, 0.05) is 29.8 Å². The van der Waals surface area contributed by atoms with Crippen LogP contribution in [0, 0.1) is 0 Å². The molecule has 1 saturated heterocycles. The largest absolute Gasteiger partial charge is 0.369 e. The molecule has 2 rings (SSSR count). The van der Waals surface area contributed by atoms with Gasteiger partial charge in [0.2, 0.25) is 0 Å². The fraction of sp³-hybridized carbons (Fsp3) is 0.500. The van der Waals surface area contributed by atoms with E-state index in [9.17, 15) is 0 Å². The van der Waals surface area contributed by atoms with E-state index in [1.807, 2.05) is 12.1 Å². The van der Waals surface area contributed by atoms with Gasteiger partial charge in [0.05, 0.1) is 0 Å². The normalized spacial score (nSPS) is 21.0. The van der Waals surface area contributed by atoms with Crippen LogP contribution in [0.4, 0.5) is 5.69 Å². The molecule has 0 amide bonds. The molecule has 0 aliphatic carbocycles. The van der Waals surface area contributed by atoms with Crippen LogP contribution in [0.15, 0.2) is 18.2 Å². The number of benzene rings is 1. The first-order valence-electron chi connectivity index (χ1n) is 5.47. The fourth-order valence-electron chi connectivity index (χ4n) is 2.20. The molecule has 2 N–H and O–H groups in total. The summed E-state index contributed by atoms with van der Waals surface area (Å²) < 4.78 is 0. The van der Waals surface area contributed by atoms with Gasteiger partial charge in [0.15, 0.2) is 0 Å². The molecule has 1 aromatic carbocycles. The lowest BCUT2D eigenvalue weighted by Crippen LogP contribution is -2.26. The second-order valence-corrected chi connectivity index (χ2v) is 4.57. The Kier molecular flexibility index (Phi) is 3.17. The van der Waals surface area contributed by atoms with Crippen LogP contribution in [0.3, 0.4) is 0 Å². The van der Waals surface area contributed by atoms with Gasteiger partial charge in [0.25, 0.3) is 0 Å². The number of anilines is 1. The minimum atomic E-state index is 0.509. The Bertz CT molecular complexity index is 351. The number of hydrogen-bond donors (Lipinski definition) is 1. The third kappa shape index (κ3) is 2.11. The molecule has 1 fully saturated rings. The Hall–Kier alpha value is -0.730. The predicted octanol–water partition coefficient (Wildman–Crippen LogP) is 2.79. The molecule has 1 unspecified atom stereocenters. The maximum absolute atomic E-state index is 6.15. The highest BCUT2D eigenvalue weighted by Crippen LogP contribution is 2.29. The summed E-state index contributed by atoms with van der Waals surface area (Å²) in [4.78, 5) is 2.41. The van der Waals surface area contributed by atoms with Crippen molar-refractivity contribution in [3.63, 3.8) is 0 Å². The van der Waals surface area contributed by atoms with E-state index in [0.717, 1.165) is 17.1 Å². The zero-order valence-electron chi connectivity index (χ0n) is 9.04. The first-order valence-corrected chi connectivity index (χ1v) is 5.85. The summed E-state index contributed by atoms with van der Waals surface area (Å²) in [5, 5.41) is 0.786. The molecular formula is C12H17ClN2. The van der Waals surface area contributed by atoms with Crippen molar-refractivity contribution in [1.82, 2.24) is 0 Å². The van der Waals surface area contributed by atoms with Gasteiger partial charge in [-0.05, 0) is 37.5 Å². The van der Waals surface area contributed by atoms with E-state index in [1.54, 1.807) is 0 Å². The third-order valence-electron chi connectivity index (χ3n) is 3.14. The van der Waals surface area contributed by atoms with Crippen molar-refractivity contribution in [3.05, 3.63) is 28.8 Å². The minimum absolute atomic E-state index is 0.509. The van der Waals surface area contributed by atoms with Crippen LogP contribution in [0.25, 0.3) is 0 Å². The third-order valence-corrected chi connectivity index (χ3v) is 3.49. The molecule has 2 nitrogen and oxygen atoms in total. The van der Waals surface area contributed by atoms with Crippen molar-refractivity contribution >= 4 is 17.3 Å². The molecule has 15 heavy (non-hydrogen) atoms. The Morgan fingerprint density at radius 1 is 1.53 bits per heavy atom. The average Bonchev–Trinajstić information content (AvgIpc) is 2.64. The second kappa shape index (κ2) is 4.42. The number of rotatable bonds is 2. The van der Waals surface area contributed by atoms with Gasteiger partial charge in [-0.3, -0.25) is 0 Å². The van der Waals surface area contributed by atoms with E-state index in [4.69, 9.17) is 17.3 Å². The lowest BCUT2D eigenvalue weighted by Gasteiger charge is -2.24. The molecule has 0 saturated carbocycles. The Morgan fingerprint density at radius 2 is 2.33 bits per heavy atom. The van der Waals surface area contributed by atoms with Crippen molar-refractivity contribution in [1.29, 1.82) is 0 Å². The van der Waals surface area contributed by atoms with E-state index < -0.39 is 0 Å². The molecule has 0 bridgehead atoms. The van der Waals surface area contributed by atoms with E-state index in [-0.39, 0.29) is 0 Å². The molecule has 1 heterocycles. The maximum Gasteiger partial charge on any atom is 0.0471 e. The molecule has 1 aliphatic rings. The lowest BCUT2D eigenvalue weighted by atomic mass is 10.2. The van der Waals surface area contributed by atoms with E-state index in [1.165, 1.54) is 18.5 Å². The van der Waals surface area contributed by atoms with E-state index in [0.29, 0.717) is 12.6 Å². The summed E-state index contributed by atoms with van der Waals surface area (Å²) >= 11 is 6.15. The molecule has 0 radical (unpaired) electrons. The summed E-state index contributed by atoms with van der Waals surface area (Å²) in [5.41, 5.74) is 7.83. The van der Waals surface area contributed by atoms with Crippen LogP contribution in [0.1, 0.15) is 25.3 Å². The van der Waals surface area contributed by atoms with Crippen LogP contribution in [-0.2, 0) is 6.54 Å². The number of halogens is 1. The van der Waals surface area contributed by atoms with Crippen molar-refractivity contribution < 1.29 is 0 Å². The number of nitrogens with zero attached hydrogens (tertiary/aromatic N) is 1. The Morgan fingerprint density at radius 3 is 2.87 bits per heavy atom. The molecule has 1 aliphatic heterocycles. The van der Waals surface area contributed by atoms with Crippen LogP contribution >= 0.6 is 11.6 Å². The van der Waals surface area contributed by atoms with Gasteiger partial charge in [-0.1, -0.05) is 17.7 Å². The predicted molar refractivity (Wildman–Crippen MR) is 65.4 cm³/mol. The smallest absolute Gasteiger partial charge is 0.0471 e. The summed E-state index contributed by atoms with van der Waals surface area (Å²) in [5.74, 6) is 0. The quantitative estimate of drug-likeness (QED) is 0.837. The van der Waals surface area contributed by atoms with Crippen molar-refractivity contribution in [2.75, 3.05) is 11.4 Å². The second-order valence-electron chi connectivity index (χ2n) is 4.16. The molecule has 0 spiro atoms. The van der Waals surface area contributed by atoms with Crippen molar-refractivity contribution in [2.45, 2.75) is 32.4 Å². The van der Waals surface area contributed by atoms with Crippen LogP contribution < -0.4 is 10.6 Å². The zero-order chi connectivity index (χ0) is 10.8. The minimum Gasteiger partial charge on any atom is -0.369 e. The van der Waals surface area contributed by atoms with Crippen molar-refractivity contribution in [3.8, 4) is 0 Å². The van der Waals surface area contributed by atoms with Gasteiger partial charge in [0.1, 0.15) is 0 Å². The highest BCUT2D eigenvalue weighted by atomic mass is 35.5. The van der Waals surface area contributed by atoms with E-state index >= 15 is 0 Å².